The van der Waals surface area contributed by atoms with Gasteiger partial charge in [0.15, 0.2) is 5.82 Å². The number of nitrogens with zero attached hydrogens (tertiary/aromatic N) is 3. The average Bonchev–Trinajstić information content (AvgIpc) is 2.58. The summed E-state index contributed by atoms with van der Waals surface area (Å²) in [5.74, 6) is 1.03. The van der Waals surface area contributed by atoms with E-state index >= 15 is 0 Å². The van der Waals surface area contributed by atoms with Crippen LogP contribution in [-0.4, -0.2) is 13.1 Å². The van der Waals surface area contributed by atoms with Crippen LogP contribution in [0.5, 0.6) is 0 Å². The van der Waals surface area contributed by atoms with E-state index < -0.39 is 0 Å². The van der Waals surface area contributed by atoms with Crippen molar-refractivity contribution in [2.45, 2.75) is 0 Å². The molecule has 0 bridgehead atoms. The molecule has 0 atom stereocenters. The lowest BCUT2D eigenvalue weighted by molar-refractivity contribution is 0.762. The van der Waals surface area contributed by atoms with Crippen molar-refractivity contribution in [1.82, 2.24) is 13.1 Å². The first-order valence-electron chi connectivity index (χ1n) is 2.51. The summed E-state index contributed by atoms with van der Waals surface area (Å²) in [5, 5.41) is 4.17. The molecule has 0 saturated carbocycles. The molecule has 0 saturated heterocycles. The second-order valence-electron chi connectivity index (χ2n) is 1.75. The summed E-state index contributed by atoms with van der Waals surface area (Å²) in [6.45, 7) is 0. The highest BCUT2D eigenvalue weighted by Crippen LogP contribution is 2.23. The minimum absolute atomic E-state index is 1.03. The maximum absolute atomic E-state index is 4.17. The third-order valence-electron chi connectivity index (χ3n) is 1.04. The average molecular weight is 159 g/mol. The molecule has 9 heavy (non-hydrogen) atoms. The molecule has 3 nitrogen and oxygen atoms in total. The van der Waals surface area contributed by atoms with E-state index in [1.807, 2.05) is 19.3 Å². The molecule has 0 radical (unpaired) electrons. The molecular formula is C4H5N3S2. The fraction of sp³-hybridized carbons (Fsp3) is 0.250. The molecule has 2 rings (SSSR count). The highest BCUT2D eigenvalue weighted by atomic mass is 33.0. The van der Waals surface area contributed by atoms with Crippen LogP contribution in [-0.2, 0) is 7.05 Å². The van der Waals surface area contributed by atoms with E-state index in [1.54, 1.807) is 25.8 Å². The van der Waals surface area contributed by atoms with Crippen molar-refractivity contribution in [3.63, 3.8) is 0 Å². The monoisotopic (exact) mass is 159 g/mol. The normalized spacial score (nSPS) is 10.8. The van der Waals surface area contributed by atoms with Gasteiger partial charge in [0.05, 0.1) is 0 Å². The van der Waals surface area contributed by atoms with E-state index in [4.69, 9.17) is 0 Å². The second-order valence-corrected chi connectivity index (χ2v) is 3.91. The van der Waals surface area contributed by atoms with Crippen LogP contribution in [0, 0.1) is 0 Å². The van der Waals surface area contributed by atoms with Crippen molar-refractivity contribution < 1.29 is 0 Å². The van der Waals surface area contributed by atoms with E-state index in [1.165, 1.54) is 0 Å². The summed E-state index contributed by atoms with van der Waals surface area (Å²) in [4.78, 5) is 0. The predicted octanol–water partition coefficient (Wildman–Crippen LogP) is 1.33. The fourth-order valence-corrected chi connectivity index (χ4v) is 1.53. The van der Waals surface area contributed by atoms with Crippen molar-refractivity contribution in [3.8, 4) is 5.82 Å². The molecule has 0 amide bonds. The van der Waals surface area contributed by atoms with Crippen LogP contribution in [0.4, 0.5) is 0 Å². The molecule has 2 aromatic heterocycles. The zero-order valence-corrected chi connectivity index (χ0v) is 6.45. The third-order valence-corrected chi connectivity index (χ3v) is 2.60. The van der Waals surface area contributed by atoms with E-state index in [0.29, 0.717) is 0 Å². The summed E-state index contributed by atoms with van der Waals surface area (Å²) in [6.07, 6.45) is 1.94. The summed E-state index contributed by atoms with van der Waals surface area (Å²) < 4.78 is 3.86. The SMILES string of the molecule is Cn1ccc(-n2ss2)n1. The minimum Gasteiger partial charge on any atom is -0.274 e. The van der Waals surface area contributed by atoms with Crippen molar-refractivity contribution in [2.24, 2.45) is 7.05 Å². The Hall–Kier alpha value is -0.550. The smallest absolute Gasteiger partial charge is 0.179 e. The van der Waals surface area contributed by atoms with Gasteiger partial charge in [-0.05, 0) is 0 Å². The van der Waals surface area contributed by atoms with Gasteiger partial charge in [-0.1, -0.05) is 0 Å². The molecule has 5 heteroatoms. The summed E-state index contributed by atoms with van der Waals surface area (Å²) in [7, 11) is 5.34. The summed E-state index contributed by atoms with van der Waals surface area (Å²) in [6, 6.07) is 1.99. The first-order valence-corrected chi connectivity index (χ1v) is 4.57. The van der Waals surface area contributed by atoms with Crippen molar-refractivity contribution in [3.05, 3.63) is 12.3 Å². The summed E-state index contributed by atoms with van der Waals surface area (Å²) in [5.41, 5.74) is 0. The molecule has 0 aliphatic carbocycles. The van der Waals surface area contributed by atoms with Gasteiger partial charge in [-0.2, -0.15) is 8.44 Å². The van der Waals surface area contributed by atoms with Crippen molar-refractivity contribution in [2.75, 3.05) is 0 Å². The zero-order chi connectivity index (χ0) is 6.27. The van der Waals surface area contributed by atoms with Gasteiger partial charge in [0.25, 0.3) is 0 Å². The van der Waals surface area contributed by atoms with Crippen molar-refractivity contribution in [1.29, 1.82) is 0 Å². The Balaban J connectivity index is 2.44. The number of aryl methyl sites for hydroxylation is 1. The highest BCUT2D eigenvalue weighted by molar-refractivity contribution is 7.76. The van der Waals surface area contributed by atoms with Gasteiger partial charge < -0.3 is 0 Å². The number of hydrogen-bond acceptors (Lipinski definition) is 3. The van der Waals surface area contributed by atoms with Gasteiger partial charge in [-0.3, -0.25) is 4.68 Å². The van der Waals surface area contributed by atoms with Gasteiger partial charge in [-0.25, -0.2) is 0 Å². The lowest BCUT2D eigenvalue weighted by atomic mass is 10.7. The molecule has 2 aromatic rings. The standard InChI is InChI=1S/C4H5N3S2/c1-6-3-2-4(5-6)7-8-9-7/h2-3H,1H3. The van der Waals surface area contributed by atoms with E-state index in [-0.39, 0.29) is 0 Å². The Kier molecular flexibility index (Phi) is 1.000. The molecule has 0 aliphatic heterocycles. The molecule has 0 aliphatic rings. The molecule has 0 fully saturated rings. The fourth-order valence-electron chi connectivity index (χ4n) is 0.593. The molecule has 0 N–H and O–H groups in total. The van der Waals surface area contributed by atoms with Crippen LogP contribution in [0.3, 0.4) is 0 Å². The summed E-state index contributed by atoms with van der Waals surface area (Å²) >= 11 is 0. The molecule has 0 unspecified atom stereocenters. The van der Waals surface area contributed by atoms with Crippen LogP contribution in [0.2, 0.25) is 0 Å². The van der Waals surface area contributed by atoms with Crippen LogP contribution < -0.4 is 0 Å². The number of hydrogen-bond donors (Lipinski definition) is 0. The van der Waals surface area contributed by atoms with Crippen molar-refractivity contribution >= 4 is 21.1 Å². The first-order chi connectivity index (χ1) is 4.36. The van der Waals surface area contributed by atoms with Crippen LogP contribution in [0.15, 0.2) is 12.3 Å². The van der Waals surface area contributed by atoms with Crippen LogP contribution >= 0.6 is 21.1 Å². The predicted molar refractivity (Wildman–Crippen MR) is 38.3 cm³/mol. The largest absolute Gasteiger partial charge is 0.274 e. The number of rotatable bonds is 1. The quantitative estimate of drug-likeness (QED) is 0.576. The lowest BCUT2D eigenvalue weighted by Gasteiger charge is -1.82. The van der Waals surface area contributed by atoms with E-state index in [9.17, 15) is 0 Å². The Labute approximate surface area is 59.8 Å². The Morgan fingerprint density at radius 2 is 2.33 bits per heavy atom. The first kappa shape index (κ1) is 5.25. The van der Waals surface area contributed by atoms with Gasteiger partial charge in [-0.15, -0.1) is 0 Å². The molecule has 48 valence electrons. The Morgan fingerprint density at radius 3 is 2.78 bits per heavy atom. The van der Waals surface area contributed by atoms with Gasteiger partial charge >= 0.3 is 0 Å². The van der Waals surface area contributed by atoms with E-state index in [2.05, 4.69) is 8.44 Å². The Bertz CT molecular complexity index is 278. The van der Waals surface area contributed by atoms with Crippen LogP contribution in [0.25, 0.3) is 5.82 Å². The third kappa shape index (κ3) is 0.927. The maximum Gasteiger partial charge on any atom is 0.179 e. The Morgan fingerprint density at radius 1 is 1.56 bits per heavy atom. The zero-order valence-electron chi connectivity index (χ0n) is 4.81. The van der Waals surface area contributed by atoms with Gasteiger partial charge in [0.1, 0.15) is 0 Å². The molecular weight excluding hydrogens is 154 g/mol. The highest BCUT2D eigenvalue weighted by Gasteiger charge is 2.03. The number of aromatic nitrogens is 3. The van der Waals surface area contributed by atoms with Gasteiger partial charge in [0.2, 0.25) is 0 Å². The topological polar surface area (TPSA) is 22.8 Å². The van der Waals surface area contributed by atoms with Crippen LogP contribution in [0.1, 0.15) is 0 Å². The lowest BCUT2D eigenvalue weighted by Crippen LogP contribution is -1.88. The maximum atomic E-state index is 4.17. The van der Waals surface area contributed by atoms with Gasteiger partial charge in [0, 0.05) is 40.4 Å². The molecule has 2 heterocycles. The molecule has 0 aromatic carbocycles. The van der Waals surface area contributed by atoms with E-state index in [0.717, 1.165) is 5.82 Å². The second kappa shape index (κ2) is 1.71. The minimum atomic E-state index is 1.03. The molecule has 0 spiro atoms.